The number of primary amides is 1. The Morgan fingerprint density at radius 1 is 0.930 bits per heavy atom. The molecule has 300 valence electrons. The van der Waals surface area contributed by atoms with Gasteiger partial charge >= 0.3 is 6.03 Å². The molecule has 5 aliphatic rings. The van der Waals surface area contributed by atoms with Gasteiger partial charge < -0.3 is 25.8 Å². The maximum atomic E-state index is 13.4. The van der Waals surface area contributed by atoms with Gasteiger partial charge in [0.1, 0.15) is 17.6 Å². The van der Waals surface area contributed by atoms with Gasteiger partial charge in [0, 0.05) is 88.4 Å². The lowest BCUT2D eigenvalue weighted by molar-refractivity contribution is -0.136. The number of aryl methyl sites for hydroxylation is 1. The monoisotopic (exact) mass is 797 g/mol. The first kappa shape index (κ1) is 38.4. The van der Waals surface area contributed by atoms with Gasteiger partial charge in [-0.1, -0.05) is 0 Å². The van der Waals surface area contributed by atoms with E-state index in [-0.39, 0.29) is 36.2 Å². The van der Waals surface area contributed by atoms with Crippen molar-refractivity contribution in [2.45, 2.75) is 64.0 Å². The maximum Gasteiger partial charge on any atom is 0.317 e. The Kier molecular flexibility index (Phi) is 10.9. The van der Waals surface area contributed by atoms with Crippen LogP contribution in [-0.2, 0) is 16.0 Å². The number of nitrogens with two attached hydrogens (primary N) is 1. The number of urea groups is 1. The van der Waals surface area contributed by atoms with Crippen molar-refractivity contribution in [2.75, 3.05) is 68.7 Å². The van der Waals surface area contributed by atoms with E-state index in [9.17, 15) is 28.8 Å². The molecule has 2 atom stereocenters. The zero-order chi connectivity index (χ0) is 39.8. The Morgan fingerprint density at radius 2 is 1.70 bits per heavy atom. The first-order valence-electron chi connectivity index (χ1n) is 19.7. The number of nitrogens with one attached hydrogen (secondary N) is 2. The molecule has 0 bridgehead atoms. The largest absolute Gasteiger partial charge is 0.371 e. The summed E-state index contributed by atoms with van der Waals surface area (Å²) in [4.78, 5) is 95.9. The van der Waals surface area contributed by atoms with E-state index in [4.69, 9.17) is 10.7 Å². The van der Waals surface area contributed by atoms with Gasteiger partial charge in [0.15, 0.2) is 0 Å². The Morgan fingerprint density at radius 3 is 2.42 bits per heavy atom. The van der Waals surface area contributed by atoms with E-state index >= 15 is 0 Å². The Hall–Kier alpha value is -5.49. The molecule has 1 aromatic carbocycles. The molecule has 0 spiro atoms. The number of aromatic nitrogens is 3. The number of piperazine rings is 1. The van der Waals surface area contributed by atoms with Crippen LogP contribution in [0.4, 0.5) is 16.3 Å². The van der Waals surface area contributed by atoms with E-state index in [1.54, 1.807) is 18.3 Å². The Bertz CT molecular complexity index is 2090. The van der Waals surface area contributed by atoms with Crippen LogP contribution in [0.5, 0.6) is 0 Å². The second-order valence-electron chi connectivity index (χ2n) is 15.6. The SMILES string of the molecule is Cc1cc(Cc2nc(N3CCCC(NC(=O)N4CCN(CC5CCN(c6ccc7c(c6)C(=O)N(C6CCC(=O)NC6=O)C7=O)CC5)CC4)C3)cnc2C(N)=O)sn1. The summed E-state index contributed by atoms with van der Waals surface area (Å²) < 4.78 is 4.33. The van der Waals surface area contributed by atoms with Crippen molar-refractivity contribution >= 4 is 58.6 Å². The lowest BCUT2D eigenvalue weighted by Gasteiger charge is -2.40. The van der Waals surface area contributed by atoms with E-state index in [2.05, 4.69) is 34.7 Å². The highest BCUT2D eigenvalue weighted by Gasteiger charge is 2.45. The zero-order valence-corrected chi connectivity index (χ0v) is 32.8. The smallest absolute Gasteiger partial charge is 0.317 e. The standard InChI is InChI=1S/C39H47N11O6S/c1-23-17-27(57-45-23)19-30-34(35(40)52)41-20-32(43-30)49-10-2-3-25(22-49)42-39(56)48-15-13-46(14-16-48)21-24-8-11-47(12-9-24)26-4-5-28-29(18-26)38(55)50(37(28)54)31-6-7-33(51)44-36(31)53/h4-5,17-18,20,24-25,31H,2-3,6-16,19,21-22H2,1H3,(H2,40,52)(H,42,56)(H,44,51,53). The van der Waals surface area contributed by atoms with Crippen LogP contribution in [0.2, 0.25) is 0 Å². The molecule has 5 aliphatic heterocycles. The molecule has 3 aromatic rings. The number of benzene rings is 1. The third kappa shape index (κ3) is 8.18. The van der Waals surface area contributed by atoms with Gasteiger partial charge in [-0.3, -0.25) is 39.1 Å². The van der Waals surface area contributed by atoms with Crippen molar-refractivity contribution < 1.29 is 28.8 Å². The van der Waals surface area contributed by atoms with Crippen molar-refractivity contribution in [3.8, 4) is 0 Å². The van der Waals surface area contributed by atoms with E-state index < -0.39 is 35.6 Å². The highest BCUT2D eigenvalue weighted by atomic mass is 32.1. The Balaban J connectivity index is 0.789. The molecule has 57 heavy (non-hydrogen) atoms. The van der Waals surface area contributed by atoms with Gasteiger partial charge in [-0.05, 0) is 80.7 Å². The van der Waals surface area contributed by atoms with Crippen molar-refractivity contribution in [3.05, 3.63) is 63.5 Å². The number of carbonyl (C=O) groups excluding carboxylic acids is 6. The number of anilines is 2. The fourth-order valence-electron chi connectivity index (χ4n) is 8.66. The summed E-state index contributed by atoms with van der Waals surface area (Å²) in [5.74, 6) is -1.46. The van der Waals surface area contributed by atoms with Crippen LogP contribution in [0.3, 0.4) is 0 Å². The minimum absolute atomic E-state index is 0.0479. The molecule has 0 saturated carbocycles. The lowest BCUT2D eigenvalue weighted by atomic mass is 9.95. The number of hydrogen-bond donors (Lipinski definition) is 3. The molecular formula is C39H47N11O6S. The molecule has 7 heterocycles. The second-order valence-corrected chi connectivity index (χ2v) is 16.5. The molecule has 7 amide bonds. The highest BCUT2D eigenvalue weighted by Crippen LogP contribution is 2.32. The van der Waals surface area contributed by atoms with Crippen LogP contribution < -0.4 is 26.2 Å². The molecule has 2 aromatic heterocycles. The van der Waals surface area contributed by atoms with Gasteiger partial charge in [0.2, 0.25) is 11.8 Å². The van der Waals surface area contributed by atoms with Crippen molar-refractivity contribution in [3.63, 3.8) is 0 Å². The van der Waals surface area contributed by atoms with Crippen molar-refractivity contribution in [1.82, 2.24) is 39.7 Å². The summed E-state index contributed by atoms with van der Waals surface area (Å²) >= 11 is 1.37. The second kappa shape index (κ2) is 16.2. The molecule has 0 aliphatic carbocycles. The van der Waals surface area contributed by atoms with Crippen LogP contribution >= 0.6 is 11.5 Å². The van der Waals surface area contributed by atoms with Crippen molar-refractivity contribution in [1.29, 1.82) is 0 Å². The minimum atomic E-state index is -0.982. The fourth-order valence-corrected chi connectivity index (χ4v) is 9.40. The third-order valence-electron chi connectivity index (χ3n) is 11.7. The normalized spacial score (nSPS) is 22.2. The predicted octanol–water partition coefficient (Wildman–Crippen LogP) is 1.55. The molecule has 2 unspecified atom stereocenters. The van der Waals surface area contributed by atoms with Crippen LogP contribution in [-0.4, -0.2) is 136 Å². The molecule has 4 N–H and O–H groups in total. The number of nitrogens with zero attached hydrogens (tertiary/aromatic N) is 8. The zero-order valence-electron chi connectivity index (χ0n) is 31.9. The van der Waals surface area contributed by atoms with E-state index in [0.717, 1.165) is 86.1 Å². The predicted molar refractivity (Wildman–Crippen MR) is 210 cm³/mol. The van der Waals surface area contributed by atoms with Gasteiger partial charge in [-0.2, -0.15) is 4.37 Å². The quantitative estimate of drug-likeness (QED) is 0.264. The molecule has 17 nitrogen and oxygen atoms in total. The Labute approximate surface area is 334 Å². The van der Waals surface area contributed by atoms with E-state index in [1.807, 2.05) is 24.0 Å². The van der Waals surface area contributed by atoms with Crippen LogP contribution in [0.1, 0.15) is 86.0 Å². The van der Waals surface area contributed by atoms with Gasteiger partial charge in [-0.25, -0.2) is 14.8 Å². The molecule has 8 rings (SSSR count). The number of carbonyl (C=O) groups is 6. The topological polar surface area (TPSA) is 207 Å². The number of hydrogen-bond acceptors (Lipinski definition) is 13. The fraction of sp³-hybridized carbons (Fsp3) is 0.513. The summed E-state index contributed by atoms with van der Waals surface area (Å²) in [7, 11) is 0. The molecule has 4 fully saturated rings. The summed E-state index contributed by atoms with van der Waals surface area (Å²) in [6, 6.07) is 6.18. The van der Waals surface area contributed by atoms with Crippen LogP contribution in [0.25, 0.3) is 0 Å². The summed E-state index contributed by atoms with van der Waals surface area (Å²) in [5.41, 5.74) is 8.67. The van der Waals surface area contributed by atoms with Crippen LogP contribution in [0.15, 0.2) is 30.5 Å². The van der Waals surface area contributed by atoms with Crippen molar-refractivity contribution in [2.24, 2.45) is 11.7 Å². The number of imide groups is 2. The summed E-state index contributed by atoms with van der Waals surface area (Å²) in [6.07, 6.45) is 5.93. The average Bonchev–Trinajstić information content (AvgIpc) is 3.73. The number of piperidine rings is 3. The number of rotatable bonds is 9. The molecule has 0 radical (unpaired) electrons. The highest BCUT2D eigenvalue weighted by molar-refractivity contribution is 7.05. The first-order chi connectivity index (χ1) is 27.5. The summed E-state index contributed by atoms with van der Waals surface area (Å²) in [6.45, 7) is 8.79. The lowest BCUT2D eigenvalue weighted by Crippen LogP contribution is -2.56. The van der Waals surface area contributed by atoms with Gasteiger partial charge in [0.25, 0.3) is 17.7 Å². The van der Waals surface area contributed by atoms with Crippen LogP contribution in [0, 0.1) is 12.8 Å². The maximum absolute atomic E-state index is 13.4. The third-order valence-corrected chi connectivity index (χ3v) is 12.6. The molecule has 4 saturated heterocycles. The average molecular weight is 798 g/mol. The molecule has 18 heteroatoms. The number of amides is 7. The minimum Gasteiger partial charge on any atom is -0.371 e. The van der Waals surface area contributed by atoms with E-state index in [0.29, 0.717) is 49.0 Å². The first-order valence-corrected chi connectivity index (χ1v) is 20.5. The number of fused-ring (bicyclic) bond motifs is 1. The molecular weight excluding hydrogens is 751 g/mol. The van der Waals surface area contributed by atoms with Gasteiger partial charge in [-0.15, -0.1) is 0 Å². The summed E-state index contributed by atoms with van der Waals surface area (Å²) in [5, 5.41) is 5.49. The van der Waals surface area contributed by atoms with Gasteiger partial charge in [0.05, 0.1) is 28.7 Å². The van der Waals surface area contributed by atoms with E-state index in [1.165, 1.54) is 11.5 Å².